The largest absolute Gasteiger partial charge is 0.371 e. The number of hydrogen-bond donors (Lipinski definition) is 0. The Bertz CT molecular complexity index is 166. The monoisotopic (exact) mass is 136 g/mol. The van der Waals surface area contributed by atoms with Gasteiger partial charge in [0.1, 0.15) is 0 Å². The molecule has 0 radical (unpaired) electrons. The molecule has 1 unspecified atom stereocenters. The van der Waals surface area contributed by atoms with Crippen LogP contribution in [0.4, 0.5) is 0 Å². The van der Waals surface area contributed by atoms with E-state index in [0.717, 1.165) is 6.42 Å². The fourth-order valence-electron chi connectivity index (χ4n) is 1.11. The topological polar surface area (TPSA) is 9.23 Å². The zero-order chi connectivity index (χ0) is 6.81. The summed E-state index contributed by atoms with van der Waals surface area (Å²) in [5.41, 5.74) is 0. The fraction of sp³-hybridized carbons (Fsp3) is 0.556. The van der Waals surface area contributed by atoms with Gasteiger partial charge in [-0.25, -0.2) is 0 Å². The Morgan fingerprint density at radius 2 is 2.10 bits per heavy atom. The van der Waals surface area contributed by atoms with Crippen molar-refractivity contribution in [2.45, 2.75) is 31.5 Å². The highest BCUT2D eigenvalue weighted by Gasteiger charge is 2.24. The molecule has 2 aliphatic rings. The average Bonchev–Trinajstić information content (AvgIpc) is 2.74. The normalized spacial score (nSPS) is 31.0. The molecule has 0 amide bonds. The van der Waals surface area contributed by atoms with Gasteiger partial charge in [0.25, 0.3) is 0 Å². The molecule has 2 aliphatic carbocycles. The van der Waals surface area contributed by atoms with Crippen molar-refractivity contribution in [3.63, 3.8) is 0 Å². The quantitative estimate of drug-likeness (QED) is 0.564. The van der Waals surface area contributed by atoms with Crippen LogP contribution < -0.4 is 0 Å². The van der Waals surface area contributed by atoms with Crippen molar-refractivity contribution in [3.05, 3.63) is 24.3 Å². The van der Waals surface area contributed by atoms with Crippen LogP contribution in [0, 0.1) is 0 Å². The molecule has 54 valence electrons. The molecule has 0 N–H and O–H groups in total. The second kappa shape index (κ2) is 2.59. The van der Waals surface area contributed by atoms with Crippen LogP contribution >= 0.6 is 0 Å². The van der Waals surface area contributed by atoms with Crippen molar-refractivity contribution in [2.75, 3.05) is 0 Å². The molecule has 0 aromatic carbocycles. The van der Waals surface area contributed by atoms with Crippen molar-refractivity contribution in [1.82, 2.24) is 0 Å². The predicted molar refractivity (Wildman–Crippen MR) is 40.8 cm³/mol. The molecule has 2 rings (SSSR count). The minimum atomic E-state index is 0.373. The second-order valence-electron chi connectivity index (χ2n) is 2.92. The standard InChI is InChI=1S/C9H12O/c1-2-4-8(5-3-1)10-9-6-7-9/h1-4,8-9H,5-7H2. The van der Waals surface area contributed by atoms with E-state index >= 15 is 0 Å². The van der Waals surface area contributed by atoms with Crippen LogP contribution in [0.3, 0.4) is 0 Å². The number of hydrogen-bond acceptors (Lipinski definition) is 1. The summed E-state index contributed by atoms with van der Waals surface area (Å²) in [4.78, 5) is 0. The van der Waals surface area contributed by atoms with Crippen LogP contribution in [0.25, 0.3) is 0 Å². The summed E-state index contributed by atoms with van der Waals surface area (Å²) in [5, 5.41) is 0. The molecule has 1 saturated carbocycles. The predicted octanol–water partition coefficient (Wildman–Crippen LogP) is 2.05. The molecule has 1 fully saturated rings. The highest BCUT2D eigenvalue weighted by Crippen LogP contribution is 2.26. The van der Waals surface area contributed by atoms with Crippen molar-refractivity contribution in [2.24, 2.45) is 0 Å². The Labute approximate surface area is 61.4 Å². The third-order valence-corrected chi connectivity index (χ3v) is 1.83. The maximum absolute atomic E-state index is 5.66. The Balaban J connectivity index is 1.81. The van der Waals surface area contributed by atoms with Gasteiger partial charge in [0.05, 0.1) is 12.2 Å². The van der Waals surface area contributed by atoms with E-state index in [1.165, 1.54) is 12.8 Å². The van der Waals surface area contributed by atoms with E-state index in [-0.39, 0.29) is 0 Å². The van der Waals surface area contributed by atoms with Gasteiger partial charge < -0.3 is 4.74 Å². The summed E-state index contributed by atoms with van der Waals surface area (Å²) in [7, 11) is 0. The van der Waals surface area contributed by atoms with Crippen LogP contribution in [-0.2, 0) is 4.74 Å². The van der Waals surface area contributed by atoms with Crippen LogP contribution in [-0.4, -0.2) is 12.2 Å². The Kier molecular flexibility index (Phi) is 1.60. The van der Waals surface area contributed by atoms with E-state index in [4.69, 9.17) is 4.74 Å². The van der Waals surface area contributed by atoms with Gasteiger partial charge in [-0.2, -0.15) is 0 Å². The lowest BCUT2D eigenvalue weighted by atomic mass is 10.1. The summed E-state index contributed by atoms with van der Waals surface area (Å²) in [6.07, 6.45) is 13.0. The molecule has 0 bridgehead atoms. The average molecular weight is 136 g/mol. The molecule has 0 aliphatic heterocycles. The van der Waals surface area contributed by atoms with Crippen molar-refractivity contribution in [3.8, 4) is 0 Å². The molecule has 0 saturated heterocycles. The summed E-state index contributed by atoms with van der Waals surface area (Å²) in [5.74, 6) is 0. The van der Waals surface area contributed by atoms with E-state index in [1.54, 1.807) is 0 Å². The number of ether oxygens (including phenoxy) is 1. The molecule has 10 heavy (non-hydrogen) atoms. The lowest BCUT2D eigenvalue weighted by Gasteiger charge is -2.12. The lowest BCUT2D eigenvalue weighted by Crippen LogP contribution is -2.11. The maximum Gasteiger partial charge on any atom is 0.0797 e. The van der Waals surface area contributed by atoms with Crippen LogP contribution in [0.5, 0.6) is 0 Å². The maximum atomic E-state index is 5.66. The van der Waals surface area contributed by atoms with Crippen LogP contribution in [0.2, 0.25) is 0 Å². The summed E-state index contributed by atoms with van der Waals surface area (Å²) < 4.78 is 5.66. The molecule has 1 atom stereocenters. The van der Waals surface area contributed by atoms with Crippen molar-refractivity contribution in [1.29, 1.82) is 0 Å². The van der Waals surface area contributed by atoms with Crippen LogP contribution in [0.1, 0.15) is 19.3 Å². The van der Waals surface area contributed by atoms with Gasteiger partial charge in [0.15, 0.2) is 0 Å². The van der Waals surface area contributed by atoms with Gasteiger partial charge in [-0.3, -0.25) is 0 Å². The van der Waals surface area contributed by atoms with E-state index in [2.05, 4.69) is 24.3 Å². The molecule has 0 heterocycles. The first-order valence-corrected chi connectivity index (χ1v) is 3.94. The van der Waals surface area contributed by atoms with Gasteiger partial charge in [0, 0.05) is 0 Å². The van der Waals surface area contributed by atoms with Crippen molar-refractivity contribution >= 4 is 0 Å². The molecule has 0 spiro atoms. The van der Waals surface area contributed by atoms with Gasteiger partial charge in [-0.15, -0.1) is 0 Å². The Hall–Kier alpha value is -0.560. The minimum Gasteiger partial charge on any atom is -0.371 e. The SMILES string of the molecule is C1=CCC(OC2CC2)C=C1. The zero-order valence-corrected chi connectivity index (χ0v) is 5.99. The van der Waals surface area contributed by atoms with E-state index in [0.29, 0.717) is 12.2 Å². The highest BCUT2D eigenvalue weighted by molar-refractivity contribution is 5.12. The second-order valence-corrected chi connectivity index (χ2v) is 2.92. The van der Waals surface area contributed by atoms with E-state index in [1.807, 2.05) is 0 Å². The first-order chi connectivity index (χ1) is 4.95. The van der Waals surface area contributed by atoms with Gasteiger partial charge >= 0.3 is 0 Å². The minimum absolute atomic E-state index is 0.373. The third-order valence-electron chi connectivity index (χ3n) is 1.83. The van der Waals surface area contributed by atoms with E-state index in [9.17, 15) is 0 Å². The smallest absolute Gasteiger partial charge is 0.0797 e. The third kappa shape index (κ3) is 1.48. The molecular formula is C9H12O. The number of rotatable bonds is 2. The molecular weight excluding hydrogens is 124 g/mol. The Morgan fingerprint density at radius 1 is 1.20 bits per heavy atom. The summed E-state index contributed by atoms with van der Waals surface area (Å²) in [6.45, 7) is 0. The molecule has 1 heteroatoms. The first-order valence-electron chi connectivity index (χ1n) is 3.94. The lowest BCUT2D eigenvalue weighted by molar-refractivity contribution is 0.0725. The van der Waals surface area contributed by atoms with E-state index < -0.39 is 0 Å². The van der Waals surface area contributed by atoms with Crippen LogP contribution in [0.15, 0.2) is 24.3 Å². The molecule has 1 nitrogen and oxygen atoms in total. The van der Waals surface area contributed by atoms with Crippen molar-refractivity contribution < 1.29 is 4.74 Å². The zero-order valence-electron chi connectivity index (χ0n) is 5.99. The van der Waals surface area contributed by atoms with Gasteiger partial charge in [-0.1, -0.05) is 24.3 Å². The van der Waals surface area contributed by atoms with Gasteiger partial charge in [0.2, 0.25) is 0 Å². The van der Waals surface area contributed by atoms with Gasteiger partial charge in [-0.05, 0) is 19.3 Å². The summed E-state index contributed by atoms with van der Waals surface area (Å²) >= 11 is 0. The highest BCUT2D eigenvalue weighted by atomic mass is 16.5. The first kappa shape index (κ1) is 6.17. The molecule has 0 aromatic heterocycles. The molecule has 0 aromatic rings. The number of allylic oxidation sites excluding steroid dienone is 2. The summed E-state index contributed by atoms with van der Waals surface area (Å²) in [6, 6.07) is 0. The Morgan fingerprint density at radius 3 is 2.70 bits per heavy atom. The fourth-order valence-corrected chi connectivity index (χ4v) is 1.11.